The van der Waals surface area contributed by atoms with Gasteiger partial charge in [-0.15, -0.1) is 0 Å². The summed E-state index contributed by atoms with van der Waals surface area (Å²) in [6.45, 7) is 15.0. The summed E-state index contributed by atoms with van der Waals surface area (Å²) < 4.78 is 0. The molecule has 1 fully saturated rings. The van der Waals surface area contributed by atoms with Crippen LogP contribution in [0, 0.1) is 0 Å². The van der Waals surface area contributed by atoms with Crippen LogP contribution in [0.4, 0.5) is 0 Å². The lowest BCUT2D eigenvalue weighted by atomic mass is 10.1. The Labute approximate surface area is 95.2 Å². The number of hydrogen-bond donors (Lipinski definition) is 0. The first-order valence-electron chi connectivity index (χ1n) is 6.03. The molecule has 1 nitrogen and oxygen atoms in total. The smallest absolute Gasteiger partial charge is 0.0233 e. The second-order valence-corrected chi connectivity index (χ2v) is 3.52. The lowest BCUT2D eigenvalue weighted by Crippen LogP contribution is -2.31. The average Bonchev–Trinajstić information content (AvgIpc) is 2.32. The monoisotopic (exact) mass is 207 g/mol. The van der Waals surface area contributed by atoms with Crippen molar-refractivity contribution in [3.63, 3.8) is 0 Å². The van der Waals surface area contributed by atoms with Gasteiger partial charge in [0.05, 0.1) is 0 Å². The van der Waals surface area contributed by atoms with Gasteiger partial charge in [0.2, 0.25) is 0 Å². The molecule has 1 heteroatoms. The van der Waals surface area contributed by atoms with Crippen LogP contribution < -0.4 is 0 Å². The summed E-state index contributed by atoms with van der Waals surface area (Å²) in [5.74, 6) is 0. The van der Waals surface area contributed by atoms with Crippen molar-refractivity contribution in [1.29, 1.82) is 0 Å². The molecule has 0 spiro atoms. The van der Waals surface area contributed by atoms with Gasteiger partial charge in [-0.2, -0.15) is 0 Å². The number of likely N-dealkylation sites (tertiary alicyclic amines) is 1. The minimum absolute atomic E-state index is 1.04. The molecule has 15 heavy (non-hydrogen) atoms. The quantitative estimate of drug-likeness (QED) is 0.634. The van der Waals surface area contributed by atoms with Crippen molar-refractivity contribution in [3.8, 4) is 0 Å². The van der Waals surface area contributed by atoms with E-state index in [0.717, 1.165) is 6.54 Å². The van der Waals surface area contributed by atoms with Gasteiger partial charge in [-0.1, -0.05) is 51.7 Å². The van der Waals surface area contributed by atoms with E-state index in [0.29, 0.717) is 0 Å². The third-order valence-electron chi connectivity index (χ3n) is 2.45. The maximum Gasteiger partial charge on any atom is 0.0233 e. The molecule has 1 aliphatic rings. The summed E-state index contributed by atoms with van der Waals surface area (Å²) in [4.78, 5) is 2.49. The Morgan fingerprint density at radius 2 is 1.73 bits per heavy atom. The van der Waals surface area contributed by atoms with Crippen LogP contribution in [0.1, 0.15) is 33.1 Å². The van der Waals surface area contributed by atoms with Crippen LogP contribution in [0.15, 0.2) is 37.0 Å². The Morgan fingerprint density at radius 1 is 1.13 bits per heavy atom. The highest BCUT2D eigenvalue weighted by atomic mass is 15.1. The van der Waals surface area contributed by atoms with Gasteiger partial charge in [-0.3, -0.25) is 4.90 Å². The van der Waals surface area contributed by atoms with Gasteiger partial charge in [0.25, 0.3) is 0 Å². The molecule has 1 rings (SSSR count). The largest absolute Gasteiger partial charge is 0.299 e. The maximum atomic E-state index is 3.80. The Morgan fingerprint density at radius 3 is 2.20 bits per heavy atom. The van der Waals surface area contributed by atoms with Crippen molar-refractivity contribution in [2.45, 2.75) is 33.1 Å². The van der Waals surface area contributed by atoms with E-state index in [2.05, 4.69) is 18.1 Å². The van der Waals surface area contributed by atoms with E-state index in [1.165, 1.54) is 37.9 Å². The van der Waals surface area contributed by atoms with E-state index in [1.807, 2.05) is 32.1 Å². The fourth-order valence-electron chi connectivity index (χ4n) is 1.71. The van der Waals surface area contributed by atoms with Crippen molar-refractivity contribution in [2.75, 3.05) is 19.6 Å². The van der Waals surface area contributed by atoms with Crippen molar-refractivity contribution < 1.29 is 0 Å². The van der Waals surface area contributed by atoms with Crippen LogP contribution in [0.3, 0.4) is 0 Å². The molecule has 0 N–H and O–H groups in total. The van der Waals surface area contributed by atoms with Crippen LogP contribution in [-0.4, -0.2) is 24.5 Å². The second-order valence-electron chi connectivity index (χ2n) is 3.52. The molecular weight excluding hydrogens is 182 g/mol. The predicted molar refractivity (Wildman–Crippen MR) is 70.1 cm³/mol. The normalized spacial score (nSPS) is 17.6. The number of rotatable bonds is 4. The van der Waals surface area contributed by atoms with Gasteiger partial charge in [0.1, 0.15) is 0 Å². The maximum absolute atomic E-state index is 3.80. The van der Waals surface area contributed by atoms with Crippen LogP contribution >= 0.6 is 0 Å². The number of nitrogens with zero attached hydrogens (tertiary/aromatic N) is 1. The van der Waals surface area contributed by atoms with E-state index in [9.17, 15) is 0 Å². The second kappa shape index (κ2) is 9.72. The van der Waals surface area contributed by atoms with Crippen LogP contribution in [-0.2, 0) is 0 Å². The predicted octanol–water partition coefficient (Wildman–Crippen LogP) is 3.80. The summed E-state index contributed by atoms with van der Waals surface area (Å²) in [5.41, 5.74) is 1.27. The molecule has 0 saturated carbocycles. The molecule has 1 saturated heterocycles. The van der Waals surface area contributed by atoms with Crippen LogP contribution in [0.5, 0.6) is 0 Å². The van der Waals surface area contributed by atoms with E-state index in [4.69, 9.17) is 0 Å². The topological polar surface area (TPSA) is 3.24 Å². The van der Waals surface area contributed by atoms with Gasteiger partial charge in [0.15, 0.2) is 0 Å². The molecule has 1 heterocycles. The van der Waals surface area contributed by atoms with Gasteiger partial charge in [-0.05, 0) is 31.5 Å². The fourth-order valence-corrected chi connectivity index (χ4v) is 1.71. The van der Waals surface area contributed by atoms with Crippen LogP contribution in [0.25, 0.3) is 0 Å². The molecule has 0 aromatic carbocycles. The van der Waals surface area contributed by atoms with Crippen molar-refractivity contribution in [2.24, 2.45) is 0 Å². The highest BCUT2D eigenvalue weighted by Gasteiger charge is 2.09. The van der Waals surface area contributed by atoms with Gasteiger partial charge < -0.3 is 0 Å². The van der Waals surface area contributed by atoms with Crippen molar-refractivity contribution in [1.82, 2.24) is 4.90 Å². The first kappa shape index (κ1) is 14.2. The van der Waals surface area contributed by atoms with E-state index < -0.39 is 0 Å². The Balaban J connectivity index is 0.000000921. The zero-order valence-corrected chi connectivity index (χ0v) is 10.3. The zero-order chi connectivity index (χ0) is 11.5. The standard InChI is InChI=1S/C12H19N.C2H6/c1-3-8-12(4-2)11-13-9-6-5-7-10-13;1-2/h3-4,8H,1-2,5-7,9-11H2;1-2H3/b12-8+;. The van der Waals surface area contributed by atoms with Gasteiger partial charge >= 0.3 is 0 Å². The van der Waals surface area contributed by atoms with Gasteiger partial charge in [0, 0.05) is 6.54 Å². The lowest BCUT2D eigenvalue weighted by Gasteiger charge is -2.26. The molecule has 0 amide bonds. The van der Waals surface area contributed by atoms with Crippen LogP contribution in [0.2, 0.25) is 0 Å². The molecule has 0 atom stereocenters. The third-order valence-corrected chi connectivity index (χ3v) is 2.45. The molecular formula is C14H25N. The molecule has 86 valence electrons. The first-order chi connectivity index (χ1) is 7.36. The number of hydrogen-bond acceptors (Lipinski definition) is 1. The minimum atomic E-state index is 1.04. The van der Waals surface area contributed by atoms with E-state index >= 15 is 0 Å². The van der Waals surface area contributed by atoms with Crippen molar-refractivity contribution >= 4 is 0 Å². The summed E-state index contributed by atoms with van der Waals surface area (Å²) in [6, 6.07) is 0. The molecule has 1 aliphatic heterocycles. The summed E-state index contributed by atoms with van der Waals surface area (Å²) in [6.07, 6.45) is 9.89. The molecule has 0 bridgehead atoms. The Bertz CT molecular complexity index is 197. The molecule has 0 aliphatic carbocycles. The Hall–Kier alpha value is -0.820. The highest BCUT2D eigenvalue weighted by molar-refractivity contribution is 5.22. The highest BCUT2D eigenvalue weighted by Crippen LogP contribution is 2.10. The third kappa shape index (κ3) is 6.29. The number of piperidine rings is 1. The average molecular weight is 207 g/mol. The van der Waals surface area contributed by atoms with E-state index in [1.54, 1.807) is 0 Å². The van der Waals surface area contributed by atoms with Gasteiger partial charge in [-0.25, -0.2) is 0 Å². The number of allylic oxidation sites excluding steroid dienone is 2. The minimum Gasteiger partial charge on any atom is -0.299 e. The first-order valence-corrected chi connectivity index (χ1v) is 6.03. The summed E-state index contributed by atoms with van der Waals surface area (Å²) in [5, 5.41) is 0. The SMILES string of the molecule is C=C/C=C(\C=C)CN1CCCCC1.CC. The lowest BCUT2D eigenvalue weighted by molar-refractivity contribution is 0.248. The fraction of sp³-hybridized carbons (Fsp3) is 0.571. The molecule has 0 aromatic rings. The zero-order valence-electron chi connectivity index (χ0n) is 10.3. The molecule has 0 unspecified atom stereocenters. The summed E-state index contributed by atoms with van der Waals surface area (Å²) >= 11 is 0. The Kier molecular flexibility index (Phi) is 9.19. The molecule has 0 radical (unpaired) electrons. The molecule has 0 aromatic heterocycles. The summed E-state index contributed by atoms with van der Waals surface area (Å²) in [7, 11) is 0. The van der Waals surface area contributed by atoms with Crippen molar-refractivity contribution in [3.05, 3.63) is 37.0 Å². The van der Waals surface area contributed by atoms with E-state index in [-0.39, 0.29) is 0 Å².